The fraction of sp³-hybridized carbons (Fsp3) is 0.667. The Morgan fingerprint density at radius 2 is 2.12 bits per heavy atom. The smallest absolute Gasteiger partial charge is 0.460 e. The minimum Gasteiger partial charge on any atom is -0.460 e. The molecule has 1 aliphatic rings. The summed E-state index contributed by atoms with van der Waals surface area (Å²) in [4.78, 5) is 10.9. The van der Waals surface area contributed by atoms with Crippen molar-refractivity contribution in [2.75, 3.05) is 6.61 Å². The number of ether oxygens (including phenoxy) is 3. The predicted octanol–water partition coefficient (Wildman–Crippen LogP) is 1.76. The van der Waals surface area contributed by atoms with Crippen LogP contribution in [0, 0.1) is 0 Å². The van der Waals surface area contributed by atoms with E-state index < -0.39 is 24.7 Å². The van der Waals surface area contributed by atoms with Crippen LogP contribution in [0.2, 0.25) is 0 Å². The Labute approximate surface area is 90.0 Å². The SMILES string of the molecule is C=C(C)C(=O)OCC1CC(OC(F)(F)F)O1. The molecule has 0 aromatic rings. The predicted molar refractivity (Wildman–Crippen MR) is 46.2 cm³/mol. The number of alkyl halides is 3. The van der Waals surface area contributed by atoms with E-state index in [2.05, 4.69) is 16.1 Å². The lowest BCUT2D eigenvalue weighted by Crippen LogP contribution is -2.44. The average Bonchev–Trinajstić information content (AvgIpc) is 2.05. The largest absolute Gasteiger partial charge is 0.524 e. The number of rotatable bonds is 4. The van der Waals surface area contributed by atoms with E-state index in [4.69, 9.17) is 4.74 Å². The Morgan fingerprint density at radius 1 is 1.56 bits per heavy atom. The highest BCUT2D eigenvalue weighted by Gasteiger charge is 2.41. The van der Waals surface area contributed by atoms with Crippen molar-refractivity contribution in [3.63, 3.8) is 0 Å². The zero-order valence-electron chi connectivity index (χ0n) is 8.54. The molecule has 0 bridgehead atoms. The van der Waals surface area contributed by atoms with Gasteiger partial charge in [-0.15, -0.1) is 13.2 Å². The lowest BCUT2D eigenvalue weighted by atomic mass is 10.2. The van der Waals surface area contributed by atoms with Gasteiger partial charge in [0.2, 0.25) is 0 Å². The van der Waals surface area contributed by atoms with Crippen LogP contribution in [-0.2, 0) is 19.0 Å². The first-order valence-electron chi connectivity index (χ1n) is 4.50. The van der Waals surface area contributed by atoms with Crippen molar-refractivity contribution in [2.24, 2.45) is 0 Å². The van der Waals surface area contributed by atoms with Crippen LogP contribution in [0.3, 0.4) is 0 Å². The summed E-state index contributed by atoms with van der Waals surface area (Å²) in [6, 6.07) is 0. The highest BCUT2D eigenvalue weighted by Crippen LogP contribution is 2.29. The molecule has 7 heteroatoms. The van der Waals surface area contributed by atoms with Crippen LogP contribution in [0.4, 0.5) is 13.2 Å². The van der Waals surface area contributed by atoms with E-state index in [9.17, 15) is 18.0 Å². The Bertz CT molecular complexity index is 281. The molecule has 1 fully saturated rings. The lowest BCUT2D eigenvalue weighted by molar-refractivity contribution is -0.413. The molecule has 92 valence electrons. The molecule has 2 unspecified atom stereocenters. The van der Waals surface area contributed by atoms with E-state index in [-0.39, 0.29) is 18.6 Å². The van der Waals surface area contributed by atoms with Gasteiger partial charge in [-0.3, -0.25) is 4.74 Å². The molecule has 16 heavy (non-hydrogen) atoms. The fourth-order valence-corrected chi connectivity index (χ4v) is 1.04. The highest BCUT2D eigenvalue weighted by molar-refractivity contribution is 5.86. The van der Waals surface area contributed by atoms with Crippen LogP contribution in [0.5, 0.6) is 0 Å². The van der Waals surface area contributed by atoms with Gasteiger partial charge in [0.05, 0.1) is 6.10 Å². The van der Waals surface area contributed by atoms with Gasteiger partial charge in [-0.25, -0.2) is 4.79 Å². The fourth-order valence-electron chi connectivity index (χ4n) is 1.04. The number of carbonyl (C=O) groups excluding carboxylic acids is 1. The van der Waals surface area contributed by atoms with Crippen LogP contribution < -0.4 is 0 Å². The van der Waals surface area contributed by atoms with E-state index >= 15 is 0 Å². The molecule has 0 radical (unpaired) electrons. The minimum atomic E-state index is -4.70. The summed E-state index contributed by atoms with van der Waals surface area (Å²) >= 11 is 0. The summed E-state index contributed by atoms with van der Waals surface area (Å²) in [5.74, 6) is -0.594. The number of carbonyl (C=O) groups is 1. The Kier molecular flexibility index (Phi) is 3.93. The van der Waals surface area contributed by atoms with Gasteiger partial charge in [0, 0.05) is 12.0 Å². The van der Waals surface area contributed by atoms with Crippen molar-refractivity contribution in [1.29, 1.82) is 0 Å². The molecule has 1 aliphatic heterocycles. The van der Waals surface area contributed by atoms with Gasteiger partial charge in [-0.2, -0.15) is 0 Å². The van der Waals surface area contributed by atoms with Crippen LogP contribution in [0.25, 0.3) is 0 Å². The van der Waals surface area contributed by atoms with Gasteiger partial charge in [-0.05, 0) is 6.92 Å². The monoisotopic (exact) mass is 240 g/mol. The molecule has 0 aromatic heterocycles. The highest BCUT2D eigenvalue weighted by atomic mass is 19.4. The Morgan fingerprint density at radius 3 is 2.56 bits per heavy atom. The maximum atomic E-state index is 11.7. The molecule has 0 aliphatic carbocycles. The standard InChI is InChI=1S/C9H11F3O4/c1-5(2)8(13)14-4-6-3-7(15-6)16-9(10,11)12/h6-7H,1,3-4H2,2H3. The number of hydrogen-bond acceptors (Lipinski definition) is 4. The molecule has 1 saturated heterocycles. The van der Waals surface area contributed by atoms with Gasteiger partial charge >= 0.3 is 12.3 Å². The van der Waals surface area contributed by atoms with E-state index in [1.165, 1.54) is 6.92 Å². The molecule has 0 N–H and O–H groups in total. The van der Waals surface area contributed by atoms with E-state index in [1.54, 1.807) is 0 Å². The first kappa shape index (κ1) is 13.0. The minimum absolute atomic E-state index is 0.0446. The van der Waals surface area contributed by atoms with E-state index in [0.29, 0.717) is 0 Å². The topological polar surface area (TPSA) is 44.8 Å². The van der Waals surface area contributed by atoms with Crippen LogP contribution in [-0.4, -0.2) is 31.3 Å². The van der Waals surface area contributed by atoms with E-state index in [1.807, 2.05) is 0 Å². The van der Waals surface area contributed by atoms with Crippen molar-refractivity contribution in [3.8, 4) is 0 Å². The van der Waals surface area contributed by atoms with Crippen molar-refractivity contribution < 1.29 is 32.2 Å². The van der Waals surface area contributed by atoms with Gasteiger partial charge in [-0.1, -0.05) is 6.58 Å². The summed E-state index contributed by atoms with van der Waals surface area (Å²) in [7, 11) is 0. The number of halogens is 3. The maximum absolute atomic E-state index is 11.7. The van der Waals surface area contributed by atoms with Crippen molar-refractivity contribution in [1.82, 2.24) is 0 Å². The molecular formula is C9H11F3O4. The second kappa shape index (κ2) is 4.84. The summed E-state index contributed by atoms with van der Waals surface area (Å²) < 4.78 is 48.0. The second-order valence-electron chi connectivity index (χ2n) is 3.37. The summed E-state index contributed by atoms with van der Waals surface area (Å²) in [5, 5.41) is 0. The molecule has 0 amide bonds. The van der Waals surface area contributed by atoms with Crippen LogP contribution in [0.15, 0.2) is 12.2 Å². The first-order chi connectivity index (χ1) is 7.28. The Balaban J connectivity index is 2.13. The molecule has 1 heterocycles. The van der Waals surface area contributed by atoms with Gasteiger partial charge in [0.1, 0.15) is 6.61 Å². The van der Waals surface area contributed by atoms with Gasteiger partial charge < -0.3 is 9.47 Å². The molecule has 4 nitrogen and oxygen atoms in total. The zero-order chi connectivity index (χ0) is 12.3. The Hall–Kier alpha value is -1.08. The van der Waals surface area contributed by atoms with Gasteiger partial charge in [0.15, 0.2) is 6.29 Å². The summed E-state index contributed by atoms with van der Waals surface area (Å²) in [6.45, 7) is 4.73. The number of esters is 1. The molecule has 1 rings (SSSR count). The quantitative estimate of drug-likeness (QED) is 0.554. The maximum Gasteiger partial charge on any atom is 0.524 e. The molecule has 0 saturated carbocycles. The first-order valence-corrected chi connectivity index (χ1v) is 4.50. The lowest BCUT2D eigenvalue weighted by Gasteiger charge is -2.35. The van der Waals surface area contributed by atoms with Crippen molar-refractivity contribution >= 4 is 5.97 Å². The molecule has 0 aromatic carbocycles. The van der Waals surface area contributed by atoms with E-state index in [0.717, 1.165) is 0 Å². The molecule has 2 atom stereocenters. The zero-order valence-corrected chi connectivity index (χ0v) is 8.54. The van der Waals surface area contributed by atoms with Crippen LogP contribution >= 0.6 is 0 Å². The normalized spacial score (nSPS) is 24.8. The summed E-state index contributed by atoms with van der Waals surface area (Å²) in [6.07, 6.45) is -6.50. The molecular weight excluding hydrogens is 229 g/mol. The van der Waals surface area contributed by atoms with Crippen molar-refractivity contribution in [3.05, 3.63) is 12.2 Å². The average molecular weight is 240 g/mol. The second-order valence-corrected chi connectivity index (χ2v) is 3.37. The third-order valence-corrected chi connectivity index (χ3v) is 1.81. The van der Waals surface area contributed by atoms with Crippen molar-refractivity contribution in [2.45, 2.75) is 32.1 Å². The third kappa shape index (κ3) is 4.19. The van der Waals surface area contributed by atoms with Crippen LogP contribution in [0.1, 0.15) is 13.3 Å². The van der Waals surface area contributed by atoms with Gasteiger partial charge in [0.25, 0.3) is 0 Å². The number of hydrogen-bond donors (Lipinski definition) is 0. The summed E-state index contributed by atoms with van der Waals surface area (Å²) in [5.41, 5.74) is 0.224. The third-order valence-electron chi connectivity index (χ3n) is 1.81. The molecule has 0 spiro atoms.